The SMILES string of the molecule is CC1CCCCN1Cc1nc(C(C)(C)N)no1.Cl. The average Bonchev–Trinajstić information content (AvgIpc) is 2.69. The van der Waals surface area contributed by atoms with Gasteiger partial charge in [-0.1, -0.05) is 11.6 Å². The molecule has 2 rings (SSSR count). The molecule has 0 aromatic carbocycles. The Labute approximate surface area is 115 Å². The highest BCUT2D eigenvalue weighted by Crippen LogP contribution is 2.19. The monoisotopic (exact) mass is 274 g/mol. The van der Waals surface area contributed by atoms with Crippen molar-refractivity contribution in [1.29, 1.82) is 0 Å². The molecule has 5 nitrogen and oxygen atoms in total. The van der Waals surface area contributed by atoms with Crippen LogP contribution in [0.2, 0.25) is 0 Å². The lowest BCUT2D eigenvalue weighted by atomic mass is 10.0. The van der Waals surface area contributed by atoms with Crippen LogP contribution in [0.5, 0.6) is 0 Å². The number of hydrogen-bond donors (Lipinski definition) is 1. The van der Waals surface area contributed by atoms with E-state index in [1.165, 1.54) is 19.3 Å². The van der Waals surface area contributed by atoms with Gasteiger partial charge in [0, 0.05) is 6.04 Å². The number of nitrogens with two attached hydrogens (primary N) is 1. The zero-order valence-corrected chi connectivity index (χ0v) is 12.2. The van der Waals surface area contributed by atoms with Gasteiger partial charge in [-0.25, -0.2) is 0 Å². The van der Waals surface area contributed by atoms with Gasteiger partial charge in [-0.2, -0.15) is 4.98 Å². The first-order valence-corrected chi connectivity index (χ1v) is 6.33. The topological polar surface area (TPSA) is 68.2 Å². The predicted molar refractivity (Wildman–Crippen MR) is 72.5 cm³/mol. The highest BCUT2D eigenvalue weighted by Gasteiger charge is 2.24. The van der Waals surface area contributed by atoms with Crippen molar-refractivity contribution in [3.05, 3.63) is 11.7 Å². The third-order valence-electron chi connectivity index (χ3n) is 3.32. The second-order valence-corrected chi connectivity index (χ2v) is 5.55. The first-order valence-electron chi connectivity index (χ1n) is 6.33. The maximum Gasteiger partial charge on any atom is 0.240 e. The maximum atomic E-state index is 5.93. The summed E-state index contributed by atoms with van der Waals surface area (Å²) in [6, 6.07) is 0.602. The third kappa shape index (κ3) is 3.67. The van der Waals surface area contributed by atoms with E-state index >= 15 is 0 Å². The molecule has 104 valence electrons. The van der Waals surface area contributed by atoms with Gasteiger partial charge in [-0.3, -0.25) is 4.90 Å². The molecule has 0 bridgehead atoms. The molecule has 1 fully saturated rings. The van der Waals surface area contributed by atoms with Crippen molar-refractivity contribution in [1.82, 2.24) is 15.0 Å². The quantitative estimate of drug-likeness (QED) is 0.914. The number of piperidine rings is 1. The molecule has 1 aliphatic rings. The van der Waals surface area contributed by atoms with Gasteiger partial charge in [-0.05, 0) is 40.2 Å². The van der Waals surface area contributed by atoms with Crippen LogP contribution in [0.4, 0.5) is 0 Å². The van der Waals surface area contributed by atoms with Crippen LogP contribution >= 0.6 is 12.4 Å². The summed E-state index contributed by atoms with van der Waals surface area (Å²) in [4.78, 5) is 6.76. The van der Waals surface area contributed by atoms with E-state index in [1.807, 2.05) is 13.8 Å². The summed E-state index contributed by atoms with van der Waals surface area (Å²) in [5.74, 6) is 1.25. The van der Waals surface area contributed by atoms with Crippen LogP contribution in [0.15, 0.2) is 4.52 Å². The van der Waals surface area contributed by atoms with Crippen LogP contribution in [0.3, 0.4) is 0 Å². The molecular weight excluding hydrogens is 252 g/mol. The Balaban J connectivity index is 0.00000162. The molecule has 18 heavy (non-hydrogen) atoms. The summed E-state index contributed by atoms with van der Waals surface area (Å²) in [6.45, 7) is 7.87. The minimum absolute atomic E-state index is 0. The maximum absolute atomic E-state index is 5.93. The fraction of sp³-hybridized carbons (Fsp3) is 0.833. The Kier molecular flexibility index (Phi) is 5.13. The summed E-state index contributed by atoms with van der Waals surface area (Å²) in [7, 11) is 0. The fourth-order valence-electron chi connectivity index (χ4n) is 2.15. The summed E-state index contributed by atoms with van der Waals surface area (Å²) in [6.07, 6.45) is 3.83. The molecule has 0 amide bonds. The molecule has 2 heterocycles. The van der Waals surface area contributed by atoms with Gasteiger partial charge in [0.2, 0.25) is 5.89 Å². The molecule has 0 spiro atoms. The Bertz CT molecular complexity index is 374. The van der Waals surface area contributed by atoms with Crippen LogP contribution in [-0.2, 0) is 12.1 Å². The Morgan fingerprint density at radius 1 is 1.44 bits per heavy atom. The number of aromatic nitrogens is 2. The van der Waals surface area contributed by atoms with Crippen LogP contribution in [-0.4, -0.2) is 27.6 Å². The average molecular weight is 275 g/mol. The Hall–Kier alpha value is -0.650. The van der Waals surface area contributed by atoms with E-state index in [0.717, 1.165) is 13.1 Å². The molecule has 2 N–H and O–H groups in total. The molecule has 0 saturated carbocycles. The van der Waals surface area contributed by atoms with Gasteiger partial charge in [0.15, 0.2) is 5.82 Å². The lowest BCUT2D eigenvalue weighted by molar-refractivity contribution is 0.135. The number of likely N-dealkylation sites (tertiary alicyclic amines) is 1. The number of nitrogens with zero attached hydrogens (tertiary/aromatic N) is 3. The molecule has 1 aromatic heterocycles. The number of halogens is 1. The van der Waals surface area contributed by atoms with E-state index in [2.05, 4.69) is 22.0 Å². The van der Waals surface area contributed by atoms with Gasteiger partial charge in [0.25, 0.3) is 0 Å². The zero-order chi connectivity index (χ0) is 12.5. The van der Waals surface area contributed by atoms with Gasteiger partial charge in [0.1, 0.15) is 0 Å². The normalized spacial score (nSPS) is 21.7. The third-order valence-corrected chi connectivity index (χ3v) is 3.32. The molecule has 1 saturated heterocycles. The summed E-state index contributed by atoms with van der Waals surface area (Å²) in [5.41, 5.74) is 5.40. The molecule has 1 aliphatic heterocycles. The molecular formula is C12H23ClN4O. The Morgan fingerprint density at radius 3 is 2.72 bits per heavy atom. The van der Waals surface area contributed by atoms with Crippen molar-refractivity contribution in [2.75, 3.05) is 6.54 Å². The largest absolute Gasteiger partial charge is 0.338 e. The summed E-state index contributed by atoms with van der Waals surface area (Å²) < 4.78 is 5.26. The van der Waals surface area contributed by atoms with Crippen molar-refractivity contribution >= 4 is 12.4 Å². The van der Waals surface area contributed by atoms with E-state index in [9.17, 15) is 0 Å². The minimum Gasteiger partial charge on any atom is -0.338 e. The van der Waals surface area contributed by atoms with E-state index in [1.54, 1.807) is 0 Å². The lowest BCUT2D eigenvalue weighted by Gasteiger charge is -2.31. The first kappa shape index (κ1) is 15.4. The van der Waals surface area contributed by atoms with Crippen molar-refractivity contribution in [3.63, 3.8) is 0 Å². The number of hydrogen-bond acceptors (Lipinski definition) is 5. The van der Waals surface area contributed by atoms with Crippen molar-refractivity contribution in [2.45, 2.75) is 58.2 Å². The number of rotatable bonds is 3. The van der Waals surface area contributed by atoms with Crippen molar-refractivity contribution in [3.8, 4) is 0 Å². The second-order valence-electron chi connectivity index (χ2n) is 5.55. The van der Waals surface area contributed by atoms with Gasteiger partial charge < -0.3 is 10.3 Å². The van der Waals surface area contributed by atoms with Crippen LogP contribution in [0.25, 0.3) is 0 Å². The molecule has 6 heteroatoms. The van der Waals surface area contributed by atoms with Crippen molar-refractivity contribution in [2.24, 2.45) is 5.73 Å². The van der Waals surface area contributed by atoms with E-state index in [4.69, 9.17) is 10.3 Å². The molecule has 0 radical (unpaired) electrons. The van der Waals surface area contributed by atoms with Crippen LogP contribution in [0, 0.1) is 0 Å². The molecule has 1 atom stereocenters. The highest BCUT2D eigenvalue weighted by molar-refractivity contribution is 5.85. The van der Waals surface area contributed by atoms with E-state index < -0.39 is 5.54 Å². The highest BCUT2D eigenvalue weighted by atomic mass is 35.5. The van der Waals surface area contributed by atoms with E-state index in [0.29, 0.717) is 17.8 Å². The molecule has 1 unspecified atom stereocenters. The summed E-state index contributed by atoms with van der Waals surface area (Å²) >= 11 is 0. The predicted octanol–water partition coefficient (Wildman–Crippen LogP) is 2.06. The minimum atomic E-state index is -0.532. The van der Waals surface area contributed by atoms with Crippen LogP contribution < -0.4 is 5.73 Å². The second kappa shape index (κ2) is 5.99. The van der Waals surface area contributed by atoms with Crippen LogP contribution in [0.1, 0.15) is 51.7 Å². The molecule has 1 aromatic rings. The lowest BCUT2D eigenvalue weighted by Crippen LogP contribution is -2.37. The molecule has 0 aliphatic carbocycles. The van der Waals surface area contributed by atoms with Crippen molar-refractivity contribution < 1.29 is 4.52 Å². The standard InChI is InChI=1S/C12H22N4O.ClH/c1-9-6-4-5-7-16(9)8-10-14-11(15-17-10)12(2,3)13;/h9H,4-8,13H2,1-3H3;1H. The zero-order valence-electron chi connectivity index (χ0n) is 11.3. The van der Waals surface area contributed by atoms with Gasteiger partial charge >= 0.3 is 0 Å². The van der Waals surface area contributed by atoms with Gasteiger partial charge in [-0.15, -0.1) is 12.4 Å². The fourth-order valence-corrected chi connectivity index (χ4v) is 2.15. The summed E-state index contributed by atoms with van der Waals surface area (Å²) in [5, 5.41) is 3.94. The van der Waals surface area contributed by atoms with E-state index in [-0.39, 0.29) is 12.4 Å². The first-order chi connectivity index (χ1) is 7.97. The van der Waals surface area contributed by atoms with Gasteiger partial charge in [0.05, 0.1) is 12.1 Å². The smallest absolute Gasteiger partial charge is 0.240 e. The Morgan fingerprint density at radius 2 is 2.17 bits per heavy atom.